The van der Waals surface area contributed by atoms with Gasteiger partial charge in [0.1, 0.15) is 5.82 Å². The molecule has 1 amide bonds. The van der Waals surface area contributed by atoms with Crippen LogP contribution in [0.25, 0.3) is 0 Å². The van der Waals surface area contributed by atoms with Crippen LogP contribution in [-0.2, 0) is 4.74 Å². The number of nitrogen functional groups attached to an aromatic ring is 1. The van der Waals surface area contributed by atoms with Crippen LogP contribution in [-0.4, -0.2) is 41.6 Å². The van der Waals surface area contributed by atoms with Crippen LogP contribution in [0.2, 0.25) is 0 Å². The number of amides is 1. The number of pyridine rings is 1. The van der Waals surface area contributed by atoms with Gasteiger partial charge in [-0.15, -0.1) is 0 Å². The first-order valence-corrected chi connectivity index (χ1v) is 5.30. The van der Waals surface area contributed by atoms with Crippen molar-refractivity contribution in [3.8, 4) is 0 Å². The Hall–Kier alpha value is -1.62. The van der Waals surface area contributed by atoms with Gasteiger partial charge >= 0.3 is 0 Å². The fourth-order valence-electron chi connectivity index (χ4n) is 1.77. The number of rotatable bonds is 1. The number of carbonyl (C=O) groups excluding carboxylic acids is 1. The van der Waals surface area contributed by atoms with Crippen molar-refractivity contribution < 1.29 is 9.53 Å². The molecule has 0 radical (unpaired) electrons. The lowest BCUT2D eigenvalue weighted by atomic mass is 10.2. The van der Waals surface area contributed by atoms with Gasteiger partial charge in [0.25, 0.3) is 5.91 Å². The number of aromatic nitrogens is 1. The molecule has 86 valence electrons. The molecule has 1 atom stereocenters. The third kappa shape index (κ3) is 2.14. The van der Waals surface area contributed by atoms with E-state index in [9.17, 15) is 4.79 Å². The minimum Gasteiger partial charge on any atom is -0.383 e. The average Bonchev–Trinajstić information content (AvgIpc) is 2.29. The molecule has 0 bridgehead atoms. The summed E-state index contributed by atoms with van der Waals surface area (Å²) in [6, 6.07) is 3.41. The Morgan fingerprint density at radius 3 is 3.19 bits per heavy atom. The maximum absolute atomic E-state index is 12.1. The minimum atomic E-state index is -0.0687. The van der Waals surface area contributed by atoms with Crippen LogP contribution in [0.4, 0.5) is 5.82 Å². The molecule has 1 aromatic rings. The second-order valence-electron chi connectivity index (χ2n) is 3.87. The molecule has 1 fully saturated rings. The summed E-state index contributed by atoms with van der Waals surface area (Å²) >= 11 is 0. The Bertz CT molecular complexity index is 395. The van der Waals surface area contributed by atoms with E-state index < -0.39 is 0 Å². The van der Waals surface area contributed by atoms with Crippen LogP contribution in [0.5, 0.6) is 0 Å². The molecule has 1 unspecified atom stereocenters. The third-order valence-electron chi connectivity index (χ3n) is 2.60. The summed E-state index contributed by atoms with van der Waals surface area (Å²) in [5.74, 6) is 0.215. The van der Waals surface area contributed by atoms with E-state index in [1.54, 1.807) is 23.2 Å². The summed E-state index contributed by atoms with van der Waals surface area (Å²) in [6.07, 6.45) is 1.66. The van der Waals surface area contributed by atoms with Crippen LogP contribution in [0.15, 0.2) is 18.3 Å². The lowest BCUT2D eigenvalue weighted by molar-refractivity contribution is -0.0123. The van der Waals surface area contributed by atoms with Gasteiger partial charge < -0.3 is 15.4 Å². The Morgan fingerprint density at radius 1 is 1.69 bits per heavy atom. The van der Waals surface area contributed by atoms with Gasteiger partial charge in [0.05, 0.1) is 18.3 Å². The molecule has 0 saturated carbocycles. The molecule has 1 aromatic heterocycles. The summed E-state index contributed by atoms with van der Waals surface area (Å²) in [6.45, 7) is 3.74. The lowest BCUT2D eigenvalue weighted by Crippen LogP contribution is -2.44. The number of anilines is 1. The van der Waals surface area contributed by atoms with E-state index >= 15 is 0 Å². The van der Waals surface area contributed by atoms with Crippen LogP contribution >= 0.6 is 0 Å². The van der Waals surface area contributed by atoms with Crippen molar-refractivity contribution in [3.63, 3.8) is 0 Å². The van der Waals surface area contributed by atoms with Crippen molar-refractivity contribution >= 4 is 11.7 Å². The minimum absolute atomic E-state index is 0.0687. The Kier molecular flexibility index (Phi) is 3.05. The molecule has 5 nitrogen and oxygen atoms in total. The fraction of sp³-hybridized carbons (Fsp3) is 0.455. The molecule has 2 heterocycles. The first kappa shape index (κ1) is 10.9. The van der Waals surface area contributed by atoms with Gasteiger partial charge in [0.2, 0.25) is 0 Å². The molecular weight excluding hydrogens is 206 g/mol. The summed E-state index contributed by atoms with van der Waals surface area (Å²) in [4.78, 5) is 17.8. The lowest BCUT2D eigenvalue weighted by Gasteiger charge is -2.31. The highest BCUT2D eigenvalue weighted by molar-refractivity contribution is 5.98. The van der Waals surface area contributed by atoms with Crippen molar-refractivity contribution in [2.24, 2.45) is 0 Å². The molecule has 1 aliphatic heterocycles. The molecule has 1 saturated heterocycles. The van der Waals surface area contributed by atoms with Crippen molar-refractivity contribution in [1.29, 1.82) is 0 Å². The van der Waals surface area contributed by atoms with Gasteiger partial charge in [-0.25, -0.2) is 4.98 Å². The maximum Gasteiger partial charge on any atom is 0.257 e. The second-order valence-corrected chi connectivity index (χ2v) is 3.87. The van der Waals surface area contributed by atoms with Gasteiger partial charge in [-0.3, -0.25) is 4.79 Å². The molecule has 2 rings (SSSR count). The van der Waals surface area contributed by atoms with E-state index in [-0.39, 0.29) is 17.8 Å². The van der Waals surface area contributed by atoms with Crippen LogP contribution < -0.4 is 5.73 Å². The van der Waals surface area contributed by atoms with Gasteiger partial charge in [-0.2, -0.15) is 0 Å². The van der Waals surface area contributed by atoms with Crippen LogP contribution in [0.1, 0.15) is 17.3 Å². The summed E-state index contributed by atoms with van der Waals surface area (Å²) in [5.41, 5.74) is 6.14. The number of carbonyl (C=O) groups is 1. The van der Waals surface area contributed by atoms with Gasteiger partial charge in [-0.1, -0.05) is 0 Å². The van der Waals surface area contributed by atoms with Gasteiger partial charge in [0.15, 0.2) is 0 Å². The van der Waals surface area contributed by atoms with Gasteiger partial charge in [0, 0.05) is 19.3 Å². The van der Waals surface area contributed by atoms with E-state index in [2.05, 4.69) is 4.98 Å². The Balaban J connectivity index is 2.16. The zero-order valence-electron chi connectivity index (χ0n) is 9.22. The van der Waals surface area contributed by atoms with E-state index in [1.165, 1.54) is 0 Å². The van der Waals surface area contributed by atoms with E-state index in [0.29, 0.717) is 25.3 Å². The number of morpholine rings is 1. The van der Waals surface area contributed by atoms with Crippen molar-refractivity contribution in [3.05, 3.63) is 23.9 Å². The largest absolute Gasteiger partial charge is 0.383 e. The molecule has 0 spiro atoms. The van der Waals surface area contributed by atoms with Crippen LogP contribution in [0.3, 0.4) is 0 Å². The fourth-order valence-corrected chi connectivity index (χ4v) is 1.77. The molecular formula is C11H15N3O2. The zero-order chi connectivity index (χ0) is 11.5. The topological polar surface area (TPSA) is 68.5 Å². The van der Waals surface area contributed by atoms with Crippen molar-refractivity contribution in [2.45, 2.75) is 13.0 Å². The smallest absolute Gasteiger partial charge is 0.257 e. The molecule has 0 aliphatic carbocycles. The first-order chi connectivity index (χ1) is 7.68. The number of ether oxygens (including phenoxy) is 1. The van der Waals surface area contributed by atoms with Crippen molar-refractivity contribution in [1.82, 2.24) is 9.88 Å². The molecule has 5 heteroatoms. The quantitative estimate of drug-likeness (QED) is 0.750. The molecule has 1 aliphatic rings. The molecule has 2 N–H and O–H groups in total. The van der Waals surface area contributed by atoms with Gasteiger partial charge in [-0.05, 0) is 19.1 Å². The third-order valence-corrected chi connectivity index (χ3v) is 2.60. The van der Waals surface area contributed by atoms with Crippen molar-refractivity contribution in [2.75, 3.05) is 25.4 Å². The predicted octanol–water partition coefficient (Wildman–Crippen LogP) is 0.525. The molecule has 16 heavy (non-hydrogen) atoms. The number of nitrogens with zero attached hydrogens (tertiary/aromatic N) is 2. The summed E-state index contributed by atoms with van der Waals surface area (Å²) in [5, 5.41) is 0. The van der Waals surface area contributed by atoms with Crippen LogP contribution in [0, 0.1) is 0 Å². The normalized spacial score (nSPS) is 20.8. The molecule has 0 aromatic carbocycles. The zero-order valence-corrected chi connectivity index (χ0v) is 9.22. The summed E-state index contributed by atoms with van der Waals surface area (Å²) in [7, 11) is 0. The Morgan fingerprint density at radius 2 is 2.50 bits per heavy atom. The standard InChI is InChI=1S/C11H15N3O2/c1-8-7-14(5-6-16-8)11(15)9-3-2-4-13-10(9)12/h2-4,8H,5-7H2,1H3,(H2,12,13). The first-order valence-electron chi connectivity index (χ1n) is 5.30. The Labute approximate surface area is 94.2 Å². The SMILES string of the molecule is CC1CN(C(=O)c2cccnc2N)CCO1. The van der Waals surface area contributed by atoms with E-state index in [4.69, 9.17) is 10.5 Å². The number of hydrogen-bond donors (Lipinski definition) is 1. The average molecular weight is 221 g/mol. The predicted molar refractivity (Wildman–Crippen MR) is 60.0 cm³/mol. The number of hydrogen-bond acceptors (Lipinski definition) is 4. The van der Waals surface area contributed by atoms with E-state index in [0.717, 1.165) is 0 Å². The number of nitrogens with two attached hydrogens (primary N) is 1. The second kappa shape index (κ2) is 4.49. The highest BCUT2D eigenvalue weighted by atomic mass is 16.5. The monoisotopic (exact) mass is 221 g/mol. The highest BCUT2D eigenvalue weighted by Gasteiger charge is 2.23. The highest BCUT2D eigenvalue weighted by Crippen LogP contribution is 2.13. The maximum atomic E-state index is 12.1. The summed E-state index contributed by atoms with van der Waals surface area (Å²) < 4.78 is 5.38. The van der Waals surface area contributed by atoms with E-state index in [1.807, 2.05) is 6.92 Å².